The van der Waals surface area contributed by atoms with Crippen molar-refractivity contribution in [3.05, 3.63) is 24.0 Å². The molecule has 104 valence electrons. The lowest BCUT2D eigenvalue weighted by molar-refractivity contribution is 0.0995. The molecule has 4 heteroatoms. The van der Waals surface area contributed by atoms with Crippen LogP contribution in [0.4, 0.5) is 5.69 Å². The van der Waals surface area contributed by atoms with Crippen LogP contribution in [0.2, 0.25) is 0 Å². The standard InChI is InChI=1S/C15H23N3O/c1-15(2,3)11-5-4-8-18(10-11)12-6-7-17-13(9-12)14(16)19/h6-7,9,11H,4-5,8,10H2,1-3H3,(H2,16,19). The minimum atomic E-state index is -0.466. The summed E-state index contributed by atoms with van der Waals surface area (Å²) in [6.45, 7) is 8.95. The Kier molecular flexibility index (Phi) is 3.78. The van der Waals surface area contributed by atoms with Gasteiger partial charge in [0.2, 0.25) is 0 Å². The average Bonchev–Trinajstić information content (AvgIpc) is 2.38. The van der Waals surface area contributed by atoms with Gasteiger partial charge in [-0.05, 0) is 36.3 Å². The normalized spacial score (nSPS) is 20.4. The van der Waals surface area contributed by atoms with Gasteiger partial charge < -0.3 is 10.6 Å². The lowest BCUT2D eigenvalue weighted by Crippen LogP contribution is -2.40. The van der Waals surface area contributed by atoms with Gasteiger partial charge in [0.1, 0.15) is 5.69 Å². The van der Waals surface area contributed by atoms with E-state index in [1.165, 1.54) is 12.8 Å². The zero-order valence-corrected chi connectivity index (χ0v) is 12.0. The molecule has 1 saturated heterocycles. The Morgan fingerprint density at radius 2 is 2.21 bits per heavy atom. The maximum absolute atomic E-state index is 11.2. The third-order valence-corrected chi connectivity index (χ3v) is 4.01. The van der Waals surface area contributed by atoms with E-state index in [2.05, 4.69) is 30.7 Å². The predicted molar refractivity (Wildman–Crippen MR) is 77.1 cm³/mol. The number of piperidine rings is 1. The van der Waals surface area contributed by atoms with Gasteiger partial charge in [0, 0.05) is 25.0 Å². The number of hydrogen-bond acceptors (Lipinski definition) is 3. The molecule has 1 unspecified atom stereocenters. The number of carbonyl (C=O) groups excluding carboxylic acids is 1. The summed E-state index contributed by atoms with van der Waals surface area (Å²) in [6.07, 6.45) is 4.13. The Morgan fingerprint density at radius 1 is 1.47 bits per heavy atom. The van der Waals surface area contributed by atoms with E-state index >= 15 is 0 Å². The second-order valence-corrected chi connectivity index (χ2v) is 6.41. The van der Waals surface area contributed by atoms with Gasteiger partial charge in [-0.1, -0.05) is 20.8 Å². The second kappa shape index (κ2) is 5.19. The molecule has 4 nitrogen and oxygen atoms in total. The van der Waals surface area contributed by atoms with Gasteiger partial charge in [-0.25, -0.2) is 0 Å². The molecular weight excluding hydrogens is 238 g/mol. The Labute approximate surface area is 115 Å². The van der Waals surface area contributed by atoms with E-state index in [4.69, 9.17) is 5.73 Å². The molecule has 1 amide bonds. The maximum atomic E-state index is 11.2. The summed E-state index contributed by atoms with van der Waals surface area (Å²) < 4.78 is 0. The van der Waals surface area contributed by atoms with E-state index in [9.17, 15) is 4.79 Å². The fourth-order valence-electron chi connectivity index (χ4n) is 2.67. The van der Waals surface area contributed by atoms with E-state index < -0.39 is 5.91 Å². The van der Waals surface area contributed by atoms with Crippen LogP contribution < -0.4 is 10.6 Å². The first-order valence-corrected chi connectivity index (χ1v) is 6.89. The van der Waals surface area contributed by atoms with Crippen LogP contribution in [0.1, 0.15) is 44.1 Å². The van der Waals surface area contributed by atoms with Gasteiger partial charge in [0.05, 0.1) is 0 Å². The molecule has 2 heterocycles. The summed E-state index contributed by atoms with van der Waals surface area (Å²) in [5.41, 5.74) is 7.00. The van der Waals surface area contributed by atoms with Crippen LogP contribution >= 0.6 is 0 Å². The first kappa shape index (κ1) is 13.8. The van der Waals surface area contributed by atoms with Crippen LogP contribution in [0.3, 0.4) is 0 Å². The van der Waals surface area contributed by atoms with Crippen molar-refractivity contribution < 1.29 is 4.79 Å². The quantitative estimate of drug-likeness (QED) is 0.889. The lowest BCUT2D eigenvalue weighted by Gasteiger charge is -2.40. The van der Waals surface area contributed by atoms with Gasteiger partial charge in [-0.15, -0.1) is 0 Å². The molecule has 0 aromatic carbocycles. The number of nitrogens with zero attached hydrogens (tertiary/aromatic N) is 2. The zero-order valence-electron chi connectivity index (χ0n) is 12.0. The first-order valence-electron chi connectivity index (χ1n) is 6.89. The molecule has 0 bridgehead atoms. The molecule has 2 N–H and O–H groups in total. The van der Waals surface area contributed by atoms with Gasteiger partial charge >= 0.3 is 0 Å². The molecular formula is C15H23N3O. The van der Waals surface area contributed by atoms with Gasteiger partial charge in [-0.3, -0.25) is 9.78 Å². The summed E-state index contributed by atoms with van der Waals surface area (Å²) in [5.74, 6) is 0.206. The molecule has 19 heavy (non-hydrogen) atoms. The van der Waals surface area contributed by atoms with Crippen molar-refractivity contribution in [1.82, 2.24) is 4.98 Å². The second-order valence-electron chi connectivity index (χ2n) is 6.41. The third-order valence-electron chi connectivity index (χ3n) is 4.01. The van der Waals surface area contributed by atoms with Crippen LogP contribution in [0, 0.1) is 11.3 Å². The predicted octanol–water partition coefficient (Wildman–Crippen LogP) is 2.44. The topological polar surface area (TPSA) is 59.2 Å². The lowest BCUT2D eigenvalue weighted by atomic mass is 9.76. The molecule has 1 aromatic rings. The van der Waals surface area contributed by atoms with Crippen molar-refractivity contribution in [2.75, 3.05) is 18.0 Å². The van der Waals surface area contributed by atoms with Crippen molar-refractivity contribution >= 4 is 11.6 Å². The smallest absolute Gasteiger partial charge is 0.267 e. The fourth-order valence-corrected chi connectivity index (χ4v) is 2.67. The van der Waals surface area contributed by atoms with Crippen LogP contribution in [-0.4, -0.2) is 24.0 Å². The van der Waals surface area contributed by atoms with E-state index in [1.807, 2.05) is 6.07 Å². The van der Waals surface area contributed by atoms with Crippen LogP contribution in [0.15, 0.2) is 18.3 Å². The Balaban J connectivity index is 2.17. The highest BCUT2D eigenvalue weighted by Crippen LogP contribution is 2.34. The van der Waals surface area contributed by atoms with E-state index in [0.29, 0.717) is 17.0 Å². The summed E-state index contributed by atoms with van der Waals surface area (Å²) in [5, 5.41) is 0. The number of rotatable bonds is 2. The minimum Gasteiger partial charge on any atom is -0.371 e. The Morgan fingerprint density at radius 3 is 2.84 bits per heavy atom. The monoisotopic (exact) mass is 261 g/mol. The number of pyridine rings is 1. The summed E-state index contributed by atoms with van der Waals surface area (Å²) in [4.78, 5) is 17.5. The van der Waals surface area contributed by atoms with Crippen LogP contribution in [-0.2, 0) is 0 Å². The van der Waals surface area contributed by atoms with Gasteiger partial charge in [0.25, 0.3) is 5.91 Å². The van der Waals surface area contributed by atoms with Crippen molar-refractivity contribution in [2.45, 2.75) is 33.6 Å². The average molecular weight is 261 g/mol. The fraction of sp³-hybridized carbons (Fsp3) is 0.600. The van der Waals surface area contributed by atoms with Gasteiger partial charge in [-0.2, -0.15) is 0 Å². The molecule has 0 radical (unpaired) electrons. The summed E-state index contributed by atoms with van der Waals surface area (Å²) in [6, 6.07) is 3.75. The van der Waals surface area contributed by atoms with Gasteiger partial charge in [0.15, 0.2) is 0 Å². The Hall–Kier alpha value is -1.58. The third kappa shape index (κ3) is 3.25. The molecule has 0 spiro atoms. The number of hydrogen-bond donors (Lipinski definition) is 1. The minimum absolute atomic E-state index is 0.318. The number of nitrogens with two attached hydrogens (primary N) is 1. The molecule has 0 aliphatic carbocycles. The molecule has 0 saturated carbocycles. The molecule has 1 atom stereocenters. The molecule has 2 rings (SSSR count). The van der Waals surface area contributed by atoms with Crippen LogP contribution in [0.25, 0.3) is 0 Å². The molecule has 1 aliphatic heterocycles. The number of carbonyl (C=O) groups is 1. The largest absolute Gasteiger partial charge is 0.371 e. The van der Waals surface area contributed by atoms with Crippen molar-refractivity contribution in [2.24, 2.45) is 17.1 Å². The molecule has 1 fully saturated rings. The number of aromatic nitrogens is 1. The number of anilines is 1. The zero-order chi connectivity index (χ0) is 14.0. The summed E-state index contributed by atoms with van der Waals surface area (Å²) in [7, 11) is 0. The highest BCUT2D eigenvalue weighted by molar-refractivity contribution is 5.91. The molecule has 1 aromatic heterocycles. The first-order chi connectivity index (χ1) is 8.88. The Bertz CT molecular complexity index is 465. The van der Waals surface area contributed by atoms with E-state index in [1.54, 1.807) is 12.3 Å². The van der Waals surface area contributed by atoms with E-state index in [-0.39, 0.29) is 0 Å². The van der Waals surface area contributed by atoms with E-state index in [0.717, 1.165) is 18.8 Å². The van der Waals surface area contributed by atoms with Crippen molar-refractivity contribution in [3.63, 3.8) is 0 Å². The van der Waals surface area contributed by atoms with Crippen molar-refractivity contribution in [3.8, 4) is 0 Å². The SMILES string of the molecule is CC(C)(C)C1CCCN(c2ccnc(C(N)=O)c2)C1. The number of primary amides is 1. The van der Waals surface area contributed by atoms with Crippen molar-refractivity contribution in [1.29, 1.82) is 0 Å². The molecule has 1 aliphatic rings. The van der Waals surface area contributed by atoms with Crippen LogP contribution in [0.5, 0.6) is 0 Å². The maximum Gasteiger partial charge on any atom is 0.267 e. The highest BCUT2D eigenvalue weighted by atomic mass is 16.1. The highest BCUT2D eigenvalue weighted by Gasteiger charge is 2.29. The summed E-state index contributed by atoms with van der Waals surface area (Å²) >= 11 is 0. The number of amides is 1.